The maximum atomic E-state index is 8.56. The molecule has 6 heteroatoms. The van der Waals surface area contributed by atoms with E-state index in [1.165, 1.54) is 12.8 Å². The fourth-order valence-electron chi connectivity index (χ4n) is 0.577. The smallest absolute Gasteiger partial charge is 0.450 e. The van der Waals surface area contributed by atoms with Crippen molar-refractivity contribution in [1.82, 2.24) is 0 Å². The van der Waals surface area contributed by atoms with E-state index in [4.69, 9.17) is 30.0 Å². The van der Waals surface area contributed by atoms with Crippen molar-refractivity contribution < 1.29 is 30.0 Å². The number of hydrogen-bond acceptors (Lipinski definition) is 2. The average Bonchev–Trinajstić information content (AvgIpc) is 1.82. The highest BCUT2D eigenvalue weighted by Crippen LogP contribution is 2.00. The molecule has 0 aromatic carbocycles. The second-order valence-corrected chi connectivity index (χ2v) is 2.75. The lowest BCUT2D eigenvalue weighted by Crippen LogP contribution is -1.81. The molecule has 0 unspecified atom stereocenters. The van der Waals surface area contributed by atoms with Crippen molar-refractivity contribution in [2.24, 2.45) is 5.92 Å². The molecule has 0 saturated carbocycles. The molecule has 0 rings (SSSR count). The molecule has 0 atom stereocenters. The van der Waals surface area contributed by atoms with Gasteiger partial charge >= 0.3 is 12.3 Å². The number of rotatable bonds is 2. The molecular formula is C8H18O6. The maximum absolute atomic E-state index is 8.56. The molecule has 0 fully saturated rings. The van der Waals surface area contributed by atoms with Gasteiger partial charge in [-0.05, 0) is 5.92 Å². The van der Waals surface area contributed by atoms with Crippen molar-refractivity contribution in [3.8, 4) is 0 Å². The van der Waals surface area contributed by atoms with E-state index in [1.807, 2.05) is 0 Å². The number of hydrogen-bond donors (Lipinski definition) is 4. The molecule has 0 aromatic rings. The van der Waals surface area contributed by atoms with Gasteiger partial charge < -0.3 is 20.4 Å². The first-order valence-electron chi connectivity index (χ1n) is 4.07. The van der Waals surface area contributed by atoms with Crippen LogP contribution in [0.25, 0.3) is 0 Å². The third-order valence-electron chi connectivity index (χ3n) is 0.866. The van der Waals surface area contributed by atoms with Gasteiger partial charge in [-0.2, -0.15) is 0 Å². The molecule has 0 amide bonds. The molecule has 0 aliphatic carbocycles. The largest absolute Gasteiger partial charge is 0.503 e. The van der Waals surface area contributed by atoms with Crippen molar-refractivity contribution in [2.45, 2.75) is 33.6 Å². The minimum atomic E-state index is -1.83. The van der Waals surface area contributed by atoms with E-state index in [1.54, 1.807) is 0 Å². The van der Waals surface area contributed by atoms with Crippen LogP contribution in [0.5, 0.6) is 0 Å². The Kier molecular flexibility index (Phi) is 18.5. The van der Waals surface area contributed by atoms with Crippen LogP contribution in [0.1, 0.15) is 33.6 Å². The van der Waals surface area contributed by atoms with E-state index >= 15 is 0 Å². The fraction of sp³-hybridized carbons (Fsp3) is 0.750. The zero-order chi connectivity index (χ0) is 12.1. The minimum absolute atomic E-state index is 0.898. The predicted octanol–water partition coefficient (Wildman–Crippen LogP) is 2.89. The molecule has 0 aromatic heterocycles. The lowest BCUT2D eigenvalue weighted by Gasteiger charge is -1.95. The van der Waals surface area contributed by atoms with Crippen LogP contribution in [0, 0.1) is 5.92 Å². The van der Waals surface area contributed by atoms with Gasteiger partial charge in [0.2, 0.25) is 0 Å². The highest BCUT2D eigenvalue weighted by Gasteiger charge is 1.85. The van der Waals surface area contributed by atoms with E-state index in [0.29, 0.717) is 0 Å². The number of carbonyl (C=O) groups is 2. The lowest BCUT2D eigenvalue weighted by molar-refractivity contribution is 0.135. The fourth-order valence-corrected chi connectivity index (χ4v) is 0.577. The van der Waals surface area contributed by atoms with Gasteiger partial charge in [-0.15, -0.1) is 0 Å². The van der Waals surface area contributed by atoms with Crippen LogP contribution in [0.4, 0.5) is 9.59 Å². The molecule has 6 nitrogen and oxygen atoms in total. The Labute approximate surface area is 82.8 Å². The molecule has 0 aliphatic heterocycles. The van der Waals surface area contributed by atoms with E-state index in [0.717, 1.165) is 5.92 Å². The third-order valence-corrected chi connectivity index (χ3v) is 0.866. The Balaban J connectivity index is -0.000000135. The van der Waals surface area contributed by atoms with E-state index < -0.39 is 12.3 Å². The Morgan fingerprint density at radius 1 is 1.00 bits per heavy atom. The normalized spacial score (nSPS) is 7.71. The Hall–Kier alpha value is -1.46. The summed E-state index contributed by atoms with van der Waals surface area (Å²) < 4.78 is 0. The quantitative estimate of drug-likeness (QED) is 0.557. The molecule has 14 heavy (non-hydrogen) atoms. The van der Waals surface area contributed by atoms with Gasteiger partial charge in [-0.3, -0.25) is 0 Å². The van der Waals surface area contributed by atoms with Gasteiger partial charge in [0.05, 0.1) is 0 Å². The predicted molar refractivity (Wildman–Crippen MR) is 51.1 cm³/mol. The van der Waals surface area contributed by atoms with Crippen molar-refractivity contribution in [3.05, 3.63) is 0 Å². The summed E-state index contributed by atoms with van der Waals surface area (Å²) in [5.74, 6) is 0.898. The van der Waals surface area contributed by atoms with Crippen LogP contribution in [-0.4, -0.2) is 32.7 Å². The SMILES string of the molecule is CCCC(C)C.O=C(O)O.O=C(O)O. The molecule has 4 N–H and O–H groups in total. The summed E-state index contributed by atoms with van der Waals surface area (Å²) in [6.45, 7) is 6.73. The summed E-state index contributed by atoms with van der Waals surface area (Å²) >= 11 is 0. The first-order chi connectivity index (χ1) is 6.23. The van der Waals surface area contributed by atoms with Crippen LogP contribution in [0.15, 0.2) is 0 Å². The highest BCUT2D eigenvalue weighted by atomic mass is 16.6. The van der Waals surface area contributed by atoms with Crippen molar-refractivity contribution >= 4 is 12.3 Å². The first kappa shape index (κ1) is 18.3. The topological polar surface area (TPSA) is 115 Å². The summed E-state index contributed by atoms with van der Waals surface area (Å²) in [5, 5.41) is 27.9. The summed E-state index contributed by atoms with van der Waals surface area (Å²) in [6.07, 6.45) is -0.961. The van der Waals surface area contributed by atoms with Crippen molar-refractivity contribution in [3.63, 3.8) is 0 Å². The van der Waals surface area contributed by atoms with Crippen LogP contribution in [0.2, 0.25) is 0 Å². The highest BCUT2D eigenvalue weighted by molar-refractivity contribution is 5.53. The third kappa shape index (κ3) is 404. The Morgan fingerprint density at radius 3 is 1.21 bits per heavy atom. The van der Waals surface area contributed by atoms with Crippen molar-refractivity contribution in [2.75, 3.05) is 0 Å². The summed E-state index contributed by atoms with van der Waals surface area (Å²) in [6, 6.07) is 0. The van der Waals surface area contributed by atoms with Gasteiger partial charge in [0.15, 0.2) is 0 Å². The number of carboxylic acid groups (broad SMARTS) is 4. The maximum Gasteiger partial charge on any atom is 0.503 e. The molecule has 86 valence electrons. The van der Waals surface area contributed by atoms with E-state index in [2.05, 4.69) is 20.8 Å². The lowest BCUT2D eigenvalue weighted by atomic mass is 10.1. The van der Waals surface area contributed by atoms with Gasteiger partial charge in [-0.25, -0.2) is 9.59 Å². The summed E-state index contributed by atoms with van der Waals surface area (Å²) in [5.41, 5.74) is 0. The summed E-state index contributed by atoms with van der Waals surface area (Å²) in [4.78, 5) is 17.1. The van der Waals surface area contributed by atoms with Crippen LogP contribution in [0.3, 0.4) is 0 Å². The van der Waals surface area contributed by atoms with Gasteiger partial charge in [0.1, 0.15) is 0 Å². The Bertz CT molecular complexity index is 123. The van der Waals surface area contributed by atoms with E-state index in [9.17, 15) is 0 Å². The first-order valence-corrected chi connectivity index (χ1v) is 4.07. The van der Waals surface area contributed by atoms with Crippen molar-refractivity contribution in [1.29, 1.82) is 0 Å². The molecular weight excluding hydrogens is 192 g/mol. The molecule has 0 bridgehead atoms. The van der Waals surface area contributed by atoms with E-state index in [-0.39, 0.29) is 0 Å². The molecule has 0 aliphatic rings. The molecule has 0 saturated heterocycles. The zero-order valence-corrected chi connectivity index (χ0v) is 8.60. The monoisotopic (exact) mass is 210 g/mol. The zero-order valence-electron chi connectivity index (χ0n) is 8.60. The standard InChI is InChI=1S/C6H14.2CH2O3/c1-4-5-6(2)3;2*2-1(3)4/h6H,4-5H2,1-3H3;2*(H2,2,3,4). The molecule has 0 radical (unpaired) electrons. The molecule has 0 spiro atoms. The molecule has 0 heterocycles. The van der Waals surface area contributed by atoms with Crippen LogP contribution in [-0.2, 0) is 0 Å². The minimum Gasteiger partial charge on any atom is -0.450 e. The van der Waals surface area contributed by atoms with Crippen LogP contribution < -0.4 is 0 Å². The van der Waals surface area contributed by atoms with Gasteiger partial charge in [-0.1, -0.05) is 33.6 Å². The van der Waals surface area contributed by atoms with Gasteiger partial charge in [0.25, 0.3) is 0 Å². The van der Waals surface area contributed by atoms with Crippen LogP contribution >= 0.6 is 0 Å². The second kappa shape index (κ2) is 14.1. The average molecular weight is 210 g/mol. The second-order valence-electron chi connectivity index (χ2n) is 2.75. The van der Waals surface area contributed by atoms with Gasteiger partial charge in [0, 0.05) is 0 Å². The summed E-state index contributed by atoms with van der Waals surface area (Å²) in [7, 11) is 0. The Morgan fingerprint density at radius 2 is 1.21 bits per heavy atom.